The van der Waals surface area contributed by atoms with E-state index in [9.17, 15) is 9.90 Å². The number of benzene rings is 1. The molecule has 2 aliphatic rings. The third-order valence-electron chi connectivity index (χ3n) is 5.81. The van der Waals surface area contributed by atoms with Crippen LogP contribution in [0.3, 0.4) is 0 Å². The zero-order valence-corrected chi connectivity index (χ0v) is 14.0. The molecule has 1 aromatic carbocycles. The van der Waals surface area contributed by atoms with Crippen LogP contribution in [0.1, 0.15) is 35.8 Å². The Morgan fingerprint density at radius 3 is 2.83 bits per heavy atom. The van der Waals surface area contributed by atoms with Gasteiger partial charge in [-0.1, -0.05) is 18.2 Å². The first kappa shape index (κ1) is 15.6. The van der Waals surface area contributed by atoms with Crippen LogP contribution in [0, 0.1) is 11.8 Å². The Morgan fingerprint density at radius 2 is 2.00 bits per heavy atom. The Balaban J connectivity index is 0.00000146. The number of aliphatic hydroxyl groups is 1. The first-order chi connectivity index (χ1) is 11.3. The molecular formula is C19H19ClN2O2. The van der Waals surface area contributed by atoms with Gasteiger partial charge in [0.05, 0.1) is 0 Å². The summed E-state index contributed by atoms with van der Waals surface area (Å²) in [6.07, 6.45) is 4.93. The molecule has 5 rings (SSSR count). The van der Waals surface area contributed by atoms with Gasteiger partial charge >= 0.3 is 0 Å². The fourth-order valence-corrected chi connectivity index (χ4v) is 4.62. The summed E-state index contributed by atoms with van der Waals surface area (Å²) in [5.74, 6) is 0.278. The largest absolute Gasteiger partial charge is 1.00 e. The van der Waals surface area contributed by atoms with Crippen molar-refractivity contribution in [2.45, 2.75) is 25.3 Å². The first-order valence-corrected chi connectivity index (χ1v) is 8.37. The quantitative estimate of drug-likeness (QED) is 0.600. The summed E-state index contributed by atoms with van der Waals surface area (Å²) in [6.45, 7) is 0.117. The van der Waals surface area contributed by atoms with Crippen molar-refractivity contribution in [2.24, 2.45) is 11.8 Å². The Bertz CT molecular complexity index is 949. The second-order valence-electron chi connectivity index (χ2n) is 6.91. The maximum Gasteiger partial charge on any atom is 0.273 e. The average Bonchev–Trinajstić information content (AvgIpc) is 2.98. The van der Waals surface area contributed by atoms with Crippen LogP contribution in [0.4, 0.5) is 0 Å². The third kappa shape index (κ3) is 1.96. The van der Waals surface area contributed by atoms with Crippen LogP contribution in [0.5, 0.6) is 0 Å². The van der Waals surface area contributed by atoms with Gasteiger partial charge in [0, 0.05) is 47.7 Å². The monoisotopic (exact) mass is 342 g/mol. The highest BCUT2D eigenvalue weighted by Gasteiger charge is 2.48. The molecule has 1 aliphatic heterocycles. The van der Waals surface area contributed by atoms with E-state index >= 15 is 0 Å². The molecule has 1 fully saturated rings. The molecule has 3 aromatic rings. The Labute approximate surface area is 145 Å². The number of carbonyl (C=O) groups excluding carboxylic acids is 1. The maximum absolute atomic E-state index is 13.1. The smallest absolute Gasteiger partial charge is 0.273 e. The fraction of sp³-hybridized carbons (Fsp3) is 0.368. The number of halogens is 1. The average molecular weight is 343 g/mol. The molecule has 0 unspecified atom stereocenters. The minimum atomic E-state index is -0.0317. The van der Waals surface area contributed by atoms with Crippen LogP contribution < -0.4 is 17.0 Å². The number of pyridine rings is 1. The van der Waals surface area contributed by atoms with Gasteiger partial charge in [0.2, 0.25) is 5.78 Å². The highest BCUT2D eigenvalue weighted by molar-refractivity contribution is 6.14. The van der Waals surface area contributed by atoms with Gasteiger partial charge in [-0.05, 0) is 18.4 Å². The van der Waals surface area contributed by atoms with Gasteiger partial charge in [-0.25, -0.2) is 0 Å². The van der Waals surface area contributed by atoms with E-state index < -0.39 is 0 Å². The van der Waals surface area contributed by atoms with E-state index in [0.29, 0.717) is 6.04 Å². The van der Waals surface area contributed by atoms with Crippen molar-refractivity contribution in [1.29, 1.82) is 0 Å². The molecule has 5 heteroatoms. The summed E-state index contributed by atoms with van der Waals surface area (Å²) in [5, 5.41) is 11.9. The molecule has 0 saturated heterocycles. The molecule has 2 aromatic heterocycles. The predicted octanol–water partition coefficient (Wildman–Crippen LogP) is -0.241. The lowest BCUT2D eigenvalue weighted by molar-refractivity contribution is -0.731. The number of H-pyrrole nitrogens is 1. The number of fused-ring (bicyclic) bond motifs is 8. The van der Waals surface area contributed by atoms with Crippen molar-refractivity contribution < 1.29 is 26.9 Å². The Kier molecular flexibility index (Phi) is 3.62. The molecule has 24 heavy (non-hydrogen) atoms. The van der Waals surface area contributed by atoms with Crippen molar-refractivity contribution in [2.75, 3.05) is 6.61 Å². The standard InChI is InChI=1S/C19H18N2O2.ClH/c22-10-11-5-6-12-9-15(11)19(23)18-17-14(7-8-21(12)18)13-3-1-2-4-16(13)20-17;/h1-4,7-8,11-12,15,22H,5-6,9-10H2;1H/t11-,12+,15+;/m0./s1. The van der Waals surface area contributed by atoms with Crippen molar-refractivity contribution >= 4 is 27.6 Å². The van der Waals surface area contributed by atoms with E-state index in [4.69, 9.17) is 0 Å². The number of Topliss-reactive ketones (excluding diaryl/α,β-unsaturated/α-hetero) is 1. The number of ketones is 1. The summed E-state index contributed by atoms with van der Waals surface area (Å²) in [7, 11) is 0. The minimum Gasteiger partial charge on any atom is -1.00 e. The SMILES string of the molecule is O=C1c2c3[nH]c4ccccc4c3cc[n+]2[C@@H]2CC[C@@H](CO)[C@H]1C2.[Cl-]. The number of nitrogens with one attached hydrogen (secondary N) is 1. The zero-order chi connectivity index (χ0) is 15.6. The second-order valence-corrected chi connectivity index (χ2v) is 6.91. The highest BCUT2D eigenvalue weighted by atomic mass is 35.5. The van der Waals surface area contributed by atoms with Crippen molar-refractivity contribution in [3.63, 3.8) is 0 Å². The van der Waals surface area contributed by atoms with E-state index in [0.717, 1.165) is 46.8 Å². The number of aliphatic hydroxyl groups excluding tert-OH is 1. The number of aromatic amines is 1. The van der Waals surface area contributed by atoms with Crippen molar-refractivity contribution in [1.82, 2.24) is 4.98 Å². The van der Waals surface area contributed by atoms with Crippen LogP contribution in [0.25, 0.3) is 21.8 Å². The van der Waals surface area contributed by atoms with Gasteiger partial charge in [0.25, 0.3) is 5.69 Å². The lowest BCUT2D eigenvalue weighted by Crippen LogP contribution is -3.00. The molecule has 2 N–H and O–H groups in total. The lowest BCUT2D eigenvalue weighted by atomic mass is 9.71. The predicted molar refractivity (Wildman–Crippen MR) is 87.3 cm³/mol. The molecule has 0 amide bonds. The summed E-state index contributed by atoms with van der Waals surface area (Å²) >= 11 is 0. The van der Waals surface area contributed by atoms with Gasteiger partial charge in [-0.2, -0.15) is 4.57 Å². The molecular weight excluding hydrogens is 324 g/mol. The fourth-order valence-electron chi connectivity index (χ4n) is 4.62. The van der Waals surface area contributed by atoms with E-state index in [2.05, 4.69) is 33.9 Å². The molecule has 1 saturated carbocycles. The van der Waals surface area contributed by atoms with Crippen LogP contribution in [-0.4, -0.2) is 22.5 Å². The van der Waals surface area contributed by atoms with Crippen molar-refractivity contribution in [3.05, 3.63) is 42.2 Å². The summed E-state index contributed by atoms with van der Waals surface area (Å²) < 4.78 is 2.17. The summed E-state index contributed by atoms with van der Waals surface area (Å²) in [4.78, 5) is 16.6. The Hall–Kier alpha value is -1.91. The topological polar surface area (TPSA) is 57.0 Å². The van der Waals surface area contributed by atoms with E-state index in [1.165, 1.54) is 0 Å². The van der Waals surface area contributed by atoms with E-state index in [1.54, 1.807) is 0 Å². The number of hydrogen-bond donors (Lipinski definition) is 2. The van der Waals surface area contributed by atoms with E-state index in [-0.39, 0.29) is 36.6 Å². The number of nitrogens with zero attached hydrogens (tertiary/aromatic N) is 1. The third-order valence-corrected chi connectivity index (χ3v) is 5.81. The maximum atomic E-state index is 13.1. The minimum absolute atomic E-state index is 0. The van der Waals surface area contributed by atoms with Crippen LogP contribution in [-0.2, 0) is 0 Å². The molecule has 3 heterocycles. The van der Waals surface area contributed by atoms with Gasteiger partial charge in [-0.15, -0.1) is 0 Å². The highest BCUT2D eigenvalue weighted by Crippen LogP contribution is 2.40. The summed E-state index contributed by atoms with van der Waals surface area (Å²) in [6, 6.07) is 10.7. The first-order valence-electron chi connectivity index (χ1n) is 8.37. The van der Waals surface area contributed by atoms with Crippen LogP contribution in [0.15, 0.2) is 36.5 Å². The number of carbonyl (C=O) groups is 1. The van der Waals surface area contributed by atoms with Gasteiger partial charge in [0.1, 0.15) is 5.52 Å². The molecule has 1 aliphatic carbocycles. The molecule has 3 atom stereocenters. The Morgan fingerprint density at radius 1 is 1.17 bits per heavy atom. The molecule has 124 valence electrons. The molecule has 4 nitrogen and oxygen atoms in total. The van der Waals surface area contributed by atoms with Gasteiger partial charge < -0.3 is 22.5 Å². The number of rotatable bonds is 1. The van der Waals surface area contributed by atoms with Crippen LogP contribution >= 0.6 is 0 Å². The molecule has 2 bridgehead atoms. The van der Waals surface area contributed by atoms with E-state index in [1.807, 2.05) is 12.1 Å². The number of aromatic nitrogens is 2. The van der Waals surface area contributed by atoms with Gasteiger partial charge in [0.15, 0.2) is 12.2 Å². The van der Waals surface area contributed by atoms with Crippen LogP contribution in [0.2, 0.25) is 0 Å². The summed E-state index contributed by atoms with van der Waals surface area (Å²) in [5.41, 5.74) is 2.82. The zero-order valence-electron chi connectivity index (χ0n) is 13.2. The number of para-hydroxylation sites is 1. The van der Waals surface area contributed by atoms with Gasteiger partial charge in [-0.3, -0.25) is 4.79 Å². The molecule has 0 spiro atoms. The van der Waals surface area contributed by atoms with Crippen molar-refractivity contribution in [3.8, 4) is 0 Å². The molecule has 0 radical (unpaired) electrons. The number of hydrogen-bond acceptors (Lipinski definition) is 2. The normalized spacial score (nSPS) is 25.5. The second kappa shape index (κ2) is 5.57. The lowest BCUT2D eigenvalue weighted by Gasteiger charge is -2.35.